The molecule has 2 amide bonds. The smallest absolute Gasteiger partial charge is 0.335 e. The Bertz CT molecular complexity index is 2570. The molecule has 2 spiro atoms. The number of rotatable bonds is 8. The fraction of sp³-hybridized carbons (Fsp3) is 0.167. The first-order valence-electron chi connectivity index (χ1n) is 19.2. The molecular formula is C48H34Cl4N2O6. The van der Waals surface area contributed by atoms with Crippen LogP contribution in [0.3, 0.4) is 0 Å². The van der Waals surface area contributed by atoms with Gasteiger partial charge in [-0.1, -0.05) is 94.9 Å². The van der Waals surface area contributed by atoms with Crippen molar-refractivity contribution in [3.05, 3.63) is 198 Å². The predicted octanol–water partition coefficient (Wildman–Crippen LogP) is 11.3. The Balaban J connectivity index is 0.000000154. The van der Waals surface area contributed by atoms with E-state index in [2.05, 4.69) is 0 Å². The third-order valence-electron chi connectivity index (χ3n) is 12.2. The highest BCUT2D eigenvalue weighted by Gasteiger charge is 2.68. The Morgan fingerprint density at radius 1 is 0.517 bits per heavy atom. The number of amides is 2. The number of carbonyl (C=O) groups excluding carboxylic acids is 2. The molecule has 0 bridgehead atoms. The summed E-state index contributed by atoms with van der Waals surface area (Å²) >= 11 is 24.6. The molecule has 6 aromatic carbocycles. The van der Waals surface area contributed by atoms with Crippen LogP contribution >= 0.6 is 46.4 Å². The molecule has 8 nitrogen and oxygen atoms in total. The van der Waals surface area contributed by atoms with E-state index in [0.29, 0.717) is 46.0 Å². The third-order valence-corrected chi connectivity index (χ3v) is 13.2. The standard InChI is InChI=1S/2C24H17Cl2NO3/c2*25-17-6-4-15(5-7-17)20-12-24(20)19-11-18(26)8-9-21(19)27(23(24)30)13-14-2-1-3-16(10-14)22(28)29/h2*1-11,20H,12-13H2,(H,28,29)/t2*20-,24+/m10/s1. The highest BCUT2D eigenvalue weighted by molar-refractivity contribution is 6.32. The van der Waals surface area contributed by atoms with E-state index in [1.54, 1.807) is 58.3 Å². The molecule has 60 heavy (non-hydrogen) atoms. The van der Waals surface area contributed by atoms with Crippen LogP contribution in [0.1, 0.15) is 78.8 Å². The van der Waals surface area contributed by atoms with Crippen LogP contribution in [0.25, 0.3) is 0 Å². The van der Waals surface area contributed by atoms with E-state index in [-0.39, 0.29) is 34.8 Å². The molecule has 0 unspecified atom stereocenters. The average molecular weight is 877 g/mol. The van der Waals surface area contributed by atoms with Crippen molar-refractivity contribution in [2.75, 3.05) is 9.80 Å². The highest BCUT2D eigenvalue weighted by atomic mass is 35.5. The normalized spacial score (nSPS) is 21.7. The van der Waals surface area contributed by atoms with Crippen molar-refractivity contribution in [1.29, 1.82) is 0 Å². The van der Waals surface area contributed by atoms with Gasteiger partial charge in [0.1, 0.15) is 0 Å². The Hall–Kier alpha value is -5.64. The van der Waals surface area contributed by atoms with Gasteiger partial charge >= 0.3 is 11.9 Å². The zero-order chi connectivity index (χ0) is 42.1. The van der Waals surface area contributed by atoms with Crippen molar-refractivity contribution >= 4 is 81.5 Å². The zero-order valence-corrected chi connectivity index (χ0v) is 34.6. The average Bonchev–Trinajstić information content (AvgIpc) is 4.15. The number of carboxylic acids is 2. The van der Waals surface area contributed by atoms with Gasteiger partial charge in [-0.2, -0.15) is 0 Å². The molecule has 0 saturated heterocycles. The summed E-state index contributed by atoms with van der Waals surface area (Å²) in [6.07, 6.45) is 1.43. The fourth-order valence-corrected chi connectivity index (χ4v) is 9.80. The molecule has 12 heteroatoms. The molecule has 4 aliphatic rings. The first-order valence-corrected chi connectivity index (χ1v) is 20.7. The fourth-order valence-electron chi connectivity index (χ4n) is 9.21. The summed E-state index contributed by atoms with van der Waals surface area (Å²) in [5.41, 5.74) is 6.39. The molecule has 300 valence electrons. The van der Waals surface area contributed by atoms with Gasteiger partial charge in [0.05, 0.1) is 35.0 Å². The molecule has 2 aliphatic carbocycles. The summed E-state index contributed by atoms with van der Waals surface area (Å²) in [7, 11) is 0. The molecule has 0 radical (unpaired) electrons. The van der Waals surface area contributed by atoms with E-state index in [1.165, 1.54) is 0 Å². The first kappa shape index (κ1) is 39.8. The number of carbonyl (C=O) groups is 4. The van der Waals surface area contributed by atoms with Gasteiger partial charge in [-0.15, -0.1) is 0 Å². The first-order chi connectivity index (χ1) is 28.8. The summed E-state index contributed by atoms with van der Waals surface area (Å²) < 4.78 is 0. The number of anilines is 2. The van der Waals surface area contributed by atoms with Crippen molar-refractivity contribution in [3.63, 3.8) is 0 Å². The summed E-state index contributed by atoms with van der Waals surface area (Å²) in [6.45, 7) is 0.618. The molecule has 10 rings (SSSR count). The lowest BCUT2D eigenvalue weighted by Gasteiger charge is -2.19. The Morgan fingerprint density at radius 2 is 0.883 bits per heavy atom. The van der Waals surface area contributed by atoms with Gasteiger partial charge in [-0.25, -0.2) is 9.59 Å². The van der Waals surface area contributed by atoms with Crippen LogP contribution in [0.4, 0.5) is 11.4 Å². The summed E-state index contributed by atoms with van der Waals surface area (Å²) in [5.74, 6) is -1.79. The lowest BCUT2D eigenvalue weighted by atomic mass is 9.92. The molecule has 2 N–H and O–H groups in total. The monoisotopic (exact) mass is 874 g/mol. The van der Waals surface area contributed by atoms with Gasteiger partial charge in [0.2, 0.25) is 11.8 Å². The number of hydrogen-bond donors (Lipinski definition) is 2. The largest absolute Gasteiger partial charge is 0.478 e. The number of aromatic carboxylic acids is 2. The quantitative estimate of drug-likeness (QED) is 0.157. The van der Waals surface area contributed by atoms with Gasteiger partial charge in [0.15, 0.2) is 0 Å². The van der Waals surface area contributed by atoms with Crippen LogP contribution in [0.2, 0.25) is 20.1 Å². The van der Waals surface area contributed by atoms with Crippen LogP contribution in [0.15, 0.2) is 133 Å². The van der Waals surface area contributed by atoms with Gasteiger partial charge in [0, 0.05) is 43.3 Å². The van der Waals surface area contributed by atoms with E-state index >= 15 is 0 Å². The van der Waals surface area contributed by atoms with Crippen LogP contribution in [-0.4, -0.2) is 34.0 Å². The third kappa shape index (κ3) is 6.82. The molecule has 0 aromatic heterocycles. The molecule has 2 heterocycles. The molecule has 4 atom stereocenters. The Morgan fingerprint density at radius 3 is 1.25 bits per heavy atom. The van der Waals surface area contributed by atoms with Crippen molar-refractivity contribution in [1.82, 2.24) is 0 Å². The number of hydrogen-bond acceptors (Lipinski definition) is 4. The second-order valence-corrected chi connectivity index (χ2v) is 17.4. The summed E-state index contributed by atoms with van der Waals surface area (Å²) in [5, 5.41) is 21.1. The highest BCUT2D eigenvalue weighted by Crippen LogP contribution is 2.68. The lowest BCUT2D eigenvalue weighted by molar-refractivity contribution is -0.121. The Kier molecular flexibility index (Phi) is 10.0. The van der Waals surface area contributed by atoms with Gasteiger partial charge in [0.25, 0.3) is 0 Å². The van der Waals surface area contributed by atoms with Crippen LogP contribution in [-0.2, 0) is 33.5 Å². The number of nitrogens with zero attached hydrogens (tertiary/aromatic N) is 2. The second-order valence-electron chi connectivity index (χ2n) is 15.7. The maximum Gasteiger partial charge on any atom is 0.335 e. The van der Waals surface area contributed by atoms with Crippen LogP contribution in [0.5, 0.6) is 0 Å². The zero-order valence-electron chi connectivity index (χ0n) is 31.6. The van der Waals surface area contributed by atoms with Gasteiger partial charge in [-0.05, 0) is 131 Å². The Labute approximate surface area is 365 Å². The minimum absolute atomic E-state index is 0.0282. The minimum atomic E-state index is -0.988. The predicted molar refractivity (Wildman–Crippen MR) is 233 cm³/mol. The lowest BCUT2D eigenvalue weighted by Crippen LogP contribution is -2.32. The van der Waals surface area contributed by atoms with E-state index in [1.807, 2.05) is 84.9 Å². The summed E-state index contributed by atoms with van der Waals surface area (Å²) in [6, 6.07) is 39.7. The maximum atomic E-state index is 13.7. The topological polar surface area (TPSA) is 115 Å². The summed E-state index contributed by atoms with van der Waals surface area (Å²) in [4.78, 5) is 53.5. The molecular weight excluding hydrogens is 842 g/mol. The van der Waals surface area contributed by atoms with Crippen molar-refractivity contribution in [2.24, 2.45) is 0 Å². The van der Waals surface area contributed by atoms with E-state index in [0.717, 1.165) is 44.8 Å². The van der Waals surface area contributed by atoms with E-state index in [4.69, 9.17) is 46.4 Å². The SMILES string of the molecule is O=C(O)c1cccc(CN2C(=O)[C@@]3(C[C@@H]3c3ccc(Cl)cc3)c3cc(Cl)ccc32)c1.O=C(O)c1cccc(CN2C(=O)[C@]3(C[C@H]3c3ccc(Cl)cc3)c3cc(Cl)ccc32)c1. The number of fused-ring (bicyclic) bond motifs is 4. The number of benzene rings is 6. The van der Waals surface area contributed by atoms with Crippen molar-refractivity contribution < 1.29 is 29.4 Å². The van der Waals surface area contributed by atoms with Crippen molar-refractivity contribution in [3.8, 4) is 0 Å². The van der Waals surface area contributed by atoms with Gasteiger partial charge in [-0.3, -0.25) is 9.59 Å². The van der Waals surface area contributed by atoms with E-state index < -0.39 is 22.8 Å². The molecule has 2 fully saturated rings. The second kappa shape index (κ2) is 15.1. The van der Waals surface area contributed by atoms with Gasteiger partial charge < -0.3 is 20.0 Å². The molecule has 2 saturated carbocycles. The molecule has 2 aliphatic heterocycles. The van der Waals surface area contributed by atoms with E-state index in [9.17, 15) is 29.4 Å². The van der Waals surface area contributed by atoms with Crippen LogP contribution < -0.4 is 9.80 Å². The van der Waals surface area contributed by atoms with Crippen molar-refractivity contribution in [2.45, 2.75) is 48.6 Å². The van der Waals surface area contributed by atoms with Crippen LogP contribution in [0, 0.1) is 0 Å². The maximum absolute atomic E-state index is 13.7. The number of carboxylic acid groups (broad SMARTS) is 2. The molecule has 6 aromatic rings. The number of halogens is 4. The minimum Gasteiger partial charge on any atom is -0.478 e.